The Kier molecular flexibility index (Phi) is 3.69. The summed E-state index contributed by atoms with van der Waals surface area (Å²) < 4.78 is 7.06. The van der Waals surface area contributed by atoms with Gasteiger partial charge in [0, 0.05) is 24.4 Å². The first kappa shape index (κ1) is 14.6. The minimum absolute atomic E-state index is 0.177. The van der Waals surface area contributed by atoms with E-state index < -0.39 is 0 Å². The molecule has 0 aliphatic rings. The average Bonchev–Trinajstić information content (AvgIpc) is 3.00. The second kappa shape index (κ2) is 5.81. The van der Waals surface area contributed by atoms with E-state index in [0.717, 1.165) is 5.56 Å². The Hall–Kier alpha value is -3.33. The molecule has 3 rings (SSSR count). The summed E-state index contributed by atoms with van der Waals surface area (Å²) in [6.45, 7) is 0. The van der Waals surface area contributed by atoms with Crippen molar-refractivity contribution in [3.63, 3.8) is 0 Å². The Morgan fingerprint density at radius 3 is 2.61 bits per heavy atom. The fraction of sp³-hybridized carbons (Fsp3) is 0.118. The quantitative estimate of drug-likeness (QED) is 0.803. The molecular weight excluding hydrogens is 290 g/mol. The zero-order valence-electron chi connectivity index (χ0n) is 12.8. The zero-order chi connectivity index (χ0) is 16.4. The van der Waals surface area contributed by atoms with Crippen molar-refractivity contribution in [3.8, 4) is 34.3 Å². The van der Waals surface area contributed by atoms with Crippen LogP contribution in [0.1, 0.15) is 5.56 Å². The number of nitriles is 1. The van der Waals surface area contributed by atoms with Gasteiger partial charge in [-0.05, 0) is 24.3 Å². The van der Waals surface area contributed by atoms with Crippen molar-refractivity contribution in [3.05, 3.63) is 48.2 Å². The summed E-state index contributed by atoms with van der Waals surface area (Å²) in [5.41, 5.74) is 9.09. The molecule has 0 saturated carbocycles. The van der Waals surface area contributed by atoms with Crippen LogP contribution in [0.15, 0.2) is 42.6 Å². The molecule has 6 heteroatoms. The maximum absolute atomic E-state index is 9.40. The van der Waals surface area contributed by atoms with Gasteiger partial charge in [-0.2, -0.15) is 10.4 Å². The van der Waals surface area contributed by atoms with Gasteiger partial charge in [0.2, 0.25) is 0 Å². The van der Waals surface area contributed by atoms with Crippen LogP contribution in [0.25, 0.3) is 22.5 Å². The van der Waals surface area contributed by atoms with E-state index in [1.165, 1.54) is 0 Å². The van der Waals surface area contributed by atoms with Gasteiger partial charge >= 0.3 is 0 Å². The summed E-state index contributed by atoms with van der Waals surface area (Å²) in [7, 11) is 3.42. The minimum Gasteiger partial charge on any atom is -0.496 e. The highest BCUT2D eigenvalue weighted by atomic mass is 16.5. The van der Waals surface area contributed by atoms with Crippen LogP contribution >= 0.6 is 0 Å². The summed E-state index contributed by atoms with van der Waals surface area (Å²) in [6, 6.07) is 13.3. The summed E-state index contributed by atoms with van der Waals surface area (Å²) in [5, 5.41) is 13.8. The number of hydrogen-bond acceptors (Lipinski definition) is 5. The standard InChI is InChI=1S/C17H15N5O/c1-22-8-7-14(21-22)12-9-15(20-17(19)13(12)10-18)11-5-3-4-6-16(11)23-2/h3-9H,1-2H3,(H2,19,20). The minimum atomic E-state index is 0.177. The second-order valence-corrected chi connectivity index (χ2v) is 5.00. The highest BCUT2D eigenvalue weighted by Gasteiger charge is 2.16. The molecule has 1 aromatic carbocycles. The van der Waals surface area contributed by atoms with Crippen LogP contribution in [0, 0.1) is 11.3 Å². The van der Waals surface area contributed by atoms with E-state index in [1.54, 1.807) is 11.8 Å². The SMILES string of the molecule is COc1ccccc1-c1cc(-c2ccn(C)n2)c(C#N)c(N)n1. The number of nitrogens with zero attached hydrogens (tertiary/aromatic N) is 4. The van der Waals surface area contributed by atoms with Gasteiger partial charge in [0.25, 0.3) is 0 Å². The fourth-order valence-corrected chi connectivity index (χ4v) is 2.44. The van der Waals surface area contributed by atoms with E-state index in [2.05, 4.69) is 16.2 Å². The Morgan fingerprint density at radius 1 is 1.17 bits per heavy atom. The van der Waals surface area contributed by atoms with Crippen molar-refractivity contribution < 1.29 is 4.74 Å². The van der Waals surface area contributed by atoms with Crippen LogP contribution in [0.2, 0.25) is 0 Å². The number of anilines is 1. The molecule has 2 N–H and O–H groups in total. The van der Waals surface area contributed by atoms with Crippen LogP contribution in [0.3, 0.4) is 0 Å². The van der Waals surface area contributed by atoms with Crippen LogP contribution in [-0.4, -0.2) is 21.9 Å². The number of nitrogens with two attached hydrogens (primary N) is 1. The molecule has 0 aliphatic carbocycles. The van der Waals surface area contributed by atoms with Gasteiger partial charge in [0.15, 0.2) is 0 Å². The largest absolute Gasteiger partial charge is 0.496 e. The third-order valence-electron chi connectivity index (χ3n) is 3.53. The molecule has 2 heterocycles. The molecule has 0 fully saturated rings. The van der Waals surface area contributed by atoms with Crippen LogP contribution < -0.4 is 10.5 Å². The summed E-state index contributed by atoms with van der Waals surface area (Å²) in [4.78, 5) is 4.36. The van der Waals surface area contributed by atoms with E-state index >= 15 is 0 Å². The highest BCUT2D eigenvalue weighted by molar-refractivity contribution is 5.80. The van der Waals surface area contributed by atoms with Crippen LogP contribution in [0.5, 0.6) is 5.75 Å². The molecule has 0 radical (unpaired) electrons. The Morgan fingerprint density at radius 2 is 1.96 bits per heavy atom. The lowest BCUT2D eigenvalue weighted by Gasteiger charge is -2.11. The highest BCUT2D eigenvalue weighted by Crippen LogP contribution is 2.34. The van der Waals surface area contributed by atoms with E-state index in [-0.39, 0.29) is 5.82 Å². The molecule has 6 nitrogen and oxygen atoms in total. The van der Waals surface area contributed by atoms with Crippen molar-refractivity contribution in [1.29, 1.82) is 5.26 Å². The zero-order valence-corrected chi connectivity index (χ0v) is 12.8. The van der Waals surface area contributed by atoms with E-state index in [0.29, 0.717) is 28.3 Å². The maximum atomic E-state index is 9.40. The number of rotatable bonds is 3. The average molecular weight is 305 g/mol. The Bertz CT molecular complexity index is 908. The van der Waals surface area contributed by atoms with E-state index in [1.807, 2.05) is 49.6 Å². The van der Waals surface area contributed by atoms with Crippen LogP contribution in [0.4, 0.5) is 5.82 Å². The fourth-order valence-electron chi connectivity index (χ4n) is 2.44. The predicted octanol–water partition coefficient (Wildman–Crippen LogP) is 2.61. The number of hydrogen-bond donors (Lipinski definition) is 1. The number of pyridine rings is 1. The normalized spacial score (nSPS) is 10.3. The number of para-hydroxylation sites is 1. The number of benzene rings is 1. The van der Waals surface area contributed by atoms with Gasteiger partial charge in [-0.25, -0.2) is 4.98 Å². The number of nitrogen functional groups attached to an aromatic ring is 1. The molecule has 23 heavy (non-hydrogen) atoms. The lowest BCUT2D eigenvalue weighted by atomic mass is 10.0. The number of methoxy groups -OCH3 is 1. The topological polar surface area (TPSA) is 89.8 Å². The number of aryl methyl sites for hydroxylation is 1. The lowest BCUT2D eigenvalue weighted by Crippen LogP contribution is -2.01. The van der Waals surface area contributed by atoms with E-state index in [9.17, 15) is 5.26 Å². The van der Waals surface area contributed by atoms with Crippen molar-refractivity contribution >= 4 is 5.82 Å². The Balaban J connectivity index is 2.25. The first-order valence-electron chi connectivity index (χ1n) is 6.98. The molecule has 0 atom stereocenters. The van der Waals surface area contributed by atoms with Gasteiger partial charge in [-0.15, -0.1) is 0 Å². The molecule has 0 saturated heterocycles. The van der Waals surface area contributed by atoms with E-state index in [4.69, 9.17) is 10.5 Å². The van der Waals surface area contributed by atoms with Crippen molar-refractivity contribution in [2.45, 2.75) is 0 Å². The first-order valence-corrected chi connectivity index (χ1v) is 6.98. The molecule has 114 valence electrons. The molecule has 0 amide bonds. The first-order chi connectivity index (χ1) is 11.1. The van der Waals surface area contributed by atoms with Crippen molar-refractivity contribution in [2.75, 3.05) is 12.8 Å². The predicted molar refractivity (Wildman–Crippen MR) is 87.6 cm³/mol. The smallest absolute Gasteiger partial charge is 0.142 e. The Labute approximate surface area is 133 Å². The number of aromatic nitrogens is 3. The van der Waals surface area contributed by atoms with Crippen molar-refractivity contribution in [2.24, 2.45) is 7.05 Å². The summed E-state index contributed by atoms with van der Waals surface area (Å²) in [6.07, 6.45) is 1.82. The summed E-state index contributed by atoms with van der Waals surface area (Å²) in [5.74, 6) is 0.868. The number of ether oxygens (including phenoxy) is 1. The van der Waals surface area contributed by atoms with Gasteiger partial charge in [-0.3, -0.25) is 4.68 Å². The third-order valence-corrected chi connectivity index (χ3v) is 3.53. The van der Waals surface area contributed by atoms with Gasteiger partial charge < -0.3 is 10.5 Å². The van der Waals surface area contributed by atoms with Gasteiger partial charge in [0.1, 0.15) is 23.2 Å². The van der Waals surface area contributed by atoms with Crippen molar-refractivity contribution in [1.82, 2.24) is 14.8 Å². The lowest BCUT2D eigenvalue weighted by molar-refractivity contribution is 0.416. The molecular formula is C17H15N5O. The van der Waals surface area contributed by atoms with Gasteiger partial charge in [-0.1, -0.05) is 12.1 Å². The third kappa shape index (κ3) is 2.60. The maximum Gasteiger partial charge on any atom is 0.142 e. The second-order valence-electron chi connectivity index (χ2n) is 5.00. The molecule has 3 aromatic rings. The molecule has 0 spiro atoms. The van der Waals surface area contributed by atoms with Gasteiger partial charge in [0.05, 0.1) is 18.5 Å². The summed E-state index contributed by atoms with van der Waals surface area (Å²) >= 11 is 0. The monoisotopic (exact) mass is 305 g/mol. The molecule has 0 bridgehead atoms. The molecule has 0 unspecified atom stereocenters. The molecule has 0 aliphatic heterocycles. The van der Waals surface area contributed by atoms with Crippen LogP contribution in [-0.2, 0) is 7.05 Å². The molecule has 2 aromatic heterocycles.